The molecule has 7 nitrogen and oxygen atoms in total. The summed E-state index contributed by atoms with van der Waals surface area (Å²) in [7, 11) is 0. The third-order valence-corrected chi connectivity index (χ3v) is 5.79. The van der Waals surface area contributed by atoms with E-state index >= 15 is 0 Å². The molecule has 31 heavy (non-hydrogen) atoms. The minimum atomic E-state index is -4.72. The molecule has 2 aliphatic rings. The maximum atomic E-state index is 13.3. The van der Waals surface area contributed by atoms with Crippen LogP contribution in [0.1, 0.15) is 42.9 Å². The van der Waals surface area contributed by atoms with Gasteiger partial charge in [0.2, 0.25) is 5.91 Å². The zero-order chi connectivity index (χ0) is 22.2. The van der Waals surface area contributed by atoms with E-state index in [1.165, 1.54) is 6.20 Å². The van der Waals surface area contributed by atoms with E-state index < -0.39 is 17.3 Å². The molecule has 1 aliphatic carbocycles. The van der Waals surface area contributed by atoms with E-state index in [-0.39, 0.29) is 24.4 Å². The first-order chi connectivity index (χ1) is 14.7. The highest BCUT2D eigenvalue weighted by Crippen LogP contribution is 2.40. The fourth-order valence-electron chi connectivity index (χ4n) is 3.64. The normalized spacial score (nSPS) is 18.2. The van der Waals surface area contributed by atoms with Crippen molar-refractivity contribution in [1.29, 1.82) is 0 Å². The number of rotatable bonds is 5. The van der Waals surface area contributed by atoms with Gasteiger partial charge in [-0.15, -0.1) is 0 Å². The summed E-state index contributed by atoms with van der Waals surface area (Å²) in [4.78, 5) is 30.7. The van der Waals surface area contributed by atoms with Crippen molar-refractivity contribution in [3.63, 3.8) is 0 Å². The summed E-state index contributed by atoms with van der Waals surface area (Å²) in [6.45, 7) is 0.903. The van der Waals surface area contributed by atoms with Gasteiger partial charge in [0.15, 0.2) is 0 Å². The van der Waals surface area contributed by atoms with Gasteiger partial charge in [0, 0.05) is 31.1 Å². The molecule has 166 valence electrons. The SMILES string of the molecule is O=C(Nc1ccc(Cl)cn1)C1CCN(Cn2nc(C3CC3)cc(C(F)(F)F)c2=O)CC1. The zero-order valence-electron chi connectivity index (χ0n) is 16.5. The number of likely N-dealkylation sites (tertiary alicyclic amines) is 1. The topological polar surface area (TPSA) is 80.1 Å². The van der Waals surface area contributed by atoms with E-state index in [4.69, 9.17) is 11.6 Å². The molecular formula is C20H21ClF3N5O2. The summed E-state index contributed by atoms with van der Waals surface area (Å²) < 4.78 is 40.8. The van der Waals surface area contributed by atoms with Gasteiger partial charge in [-0.05, 0) is 43.9 Å². The van der Waals surface area contributed by atoms with Crippen molar-refractivity contribution in [2.75, 3.05) is 18.4 Å². The Hall–Kier alpha value is -2.46. The highest BCUT2D eigenvalue weighted by atomic mass is 35.5. The lowest BCUT2D eigenvalue weighted by Crippen LogP contribution is -2.42. The van der Waals surface area contributed by atoms with E-state index in [1.807, 2.05) is 4.90 Å². The fourth-order valence-corrected chi connectivity index (χ4v) is 3.76. The second-order valence-electron chi connectivity index (χ2n) is 7.94. The van der Waals surface area contributed by atoms with Crippen molar-refractivity contribution < 1.29 is 18.0 Å². The monoisotopic (exact) mass is 455 g/mol. The predicted molar refractivity (Wildman–Crippen MR) is 108 cm³/mol. The number of carbonyl (C=O) groups is 1. The largest absolute Gasteiger partial charge is 0.421 e. The van der Waals surface area contributed by atoms with Crippen molar-refractivity contribution >= 4 is 23.3 Å². The molecule has 0 unspecified atom stereocenters. The van der Waals surface area contributed by atoms with Crippen LogP contribution in [0.3, 0.4) is 0 Å². The maximum Gasteiger partial charge on any atom is 0.421 e. The number of carbonyl (C=O) groups excluding carboxylic acids is 1. The van der Waals surface area contributed by atoms with E-state index in [1.54, 1.807) is 12.1 Å². The number of pyridine rings is 1. The smallest absolute Gasteiger partial charge is 0.310 e. The molecule has 2 aromatic heterocycles. The number of piperidine rings is 1. The molecule has 1 saturated carbocycles. The number of amides is 1. The lowest BCUT2D eigenvalue weighted by Gasteiger charge is -2.31. The second kappa shape index (κ2) is 8.58. The van der Waals surface area contributed by atoms with Crippen molar-refractivity contribution in [2.45, 2.75) is 44.4 Å². The van der Waals surface area contributed by atoms with Crippen LogP contribution in [-0.2, 0) is 17.6 Å². The average Bonchev–Trinajstić information content (AvgIpc) is 3.56. The minimum absolute atomic E-state index is 0.0103. The third-order valence-electron chi connectivity index (χ3n) is 5.57. The van der Waals surface area contributed by atoms with Crippen molar-refractivity contribution in [3.05, 3.63) is 51.0 Å². The third kappa shape index (κ3) is 5.24. The Labute approximate surface area is 181 Å². The minimum Gasteiger partial charge on any atom is -0.310 e. The van der Waals surface area contributed by atoms with Gasteiger partial charge in [-0.2, -0.15) is 18.3 Å². The first kappa shape index (κ1) is 21.8. The van der Waals surface area contributed by atoms with Crippen molar-refractivity contribution in [2.24, 2.45) is 5.92 Å². The van der Waals surface area contributed by atoms with Crippen LogP contribution < -0.4 is 10.9 Å². The van der Waals surface area contributed by atoms with Crippen LogP contribution in [0.4, 0.5) is 19.0 Å². The summed E-state index contributed by atoms with van der Waals surface area (Å²) in [5.41, 5.74) is -1.99. The molecular weight excluding hydrogens is 435 g/mol. The molecule has 0 spiro atoms. The molecule has 4 rings (SSSR count). The summed E-state index contributed by atoms with van der Waals surface area (Å²) >= 11 is 5.78. The molecule has 1 saturated heterocycles. The van der Waals surface area contributed by atoms with Gasteiger partial charge in [-0.1, -0.05) is 11.6 Å². The number of alkyl halides is 3. The number of anilines is 1. The molecule has 3 heterocycles. The van der Waals surface area contributed by atoms with Crippen molar-refractivity contribution in [1.82, 2.24) is 19.7 Å². The Morgan fingerprint density at radius 2 is 1.90 bits per heavy atom. The molecule has 0 bridgehead atoms. The Balaban J connectivity index is 1.39. The number of hydrogen-bond donors (Lipinski definition) is 1. The van der Waals surface area contributed by atoms with Crippen LogP contribution >= 0.6 is 11.6 Å². The molecule has 11 heteroatoms. The van der Waals surface area contributed by atoms with Crippen LogP contribution in [0.15, 0.2) is 29.2 Å². The Kier molecular flexibility index (Phi) is 6.02. The van der Waals surface area contributed by atoms with Gasteiger partial charge in [0.25, 0.3) is 5.56 Å². The number of hydrogen-bond acceptors (Lipinski definition) is 5. The van der Waals surface area contributed by atoms with E-state index in [0.29, 0.717) is 42.5 Å². The lowest BCUT2D eigenvalue weighted by molar-refractivity contribution is -0.139. The molecule has 0 atom stereocenters. The molecule has 2 aromatic rings. The molecule has 1 N–H and O–H groups in total. The fraction of sp³-hybridized carbons (Fsp3) is 0.500. The number of nitrogens with one attached hydrogen (secondary N) is 1. The Morgan fingerprint density at radius 3 is 2.48 bits per heavy atom. The van der Waals surface area contributed by atoms with Gasteiger partial charge in [-0.25, -0.2) is 9.67 Å². The molecule has 0 radical (unpaired) electrons. The number of halogens is 4. The standard InChI is InChI=1S/C20H21ClF3N5O2/c21-14-3-4-17(25-10-14)26-18(30)13-5-7-28(8-6-13)11-29-19(31)15(20(22,23)24)9-16(27-29)12-1-2-12/h3-4,9-10,12-13H,1-2,5-8,11H2,(H,25,26,30). The summed E-state index contributed by atoms with van der Waals surface area (Å²) in [6, 6.07) is 4.12. The van der Waals surface area contributed by atoms with Gasteiger partial charge in [0.1, 0.15) is 11.4 Å². The first-order valence-corrected chi connectivity index (χ1v) is 10.4. The van der Waals surface area contributed by atoms with Gasteiger partial charge < -0.3 is 5.32 Å². The quantitative estimate of drug-likeness (QED) is 0.746. The van der Waals surface area contributed by atoms with Crippen molar-refractivity contribution in [3.8, 4) is 0 Å². The van der Waals surface area contributed by atoms with Crippen LogP contribution in [-0.4, -0.2) is 38.7 Å². The van der Waals surface area contributed by atoms with Crippen LogP contribution in [0, 0.1) is 5.92 Å². The molecule has 1 amide bonds. The summed E-state index contributed by atoms with van der Waals surface area (Å²) in [5, 5.41) is 7.39. The predicted octanol–water partition coefficient (Wildman–Crippen LogP) is 3.50. The molecule has 2 fully saturated rings. The van der Waals surface area contributed by atoms with Gasteiger partial charge >= 0.3 is 6.18 Å². The Bertz CT molecular complexity index is 1010. The van der Waals surface area contributed by atoms with Gasteiger partial charge in [-0.3, -0.25) is 14.5 Å². The second-order valence-corrected chi connectivity index (χ2v) is 8.38. The number of aromatic nitrogens is 3. The zero-order valence-corrected chi connectivity index (χ0v) is 17.3. The van der Waals surface area contributed by atoms with E-state index in [9.17, 15) is 22.8 Å². The number of nitrogens with zero attached hydrogens (tertiary/aromatic N) is 4. The molecule has 0 aromatic carbocycles. The van der Waals surface area contributed by atoms with Crippen LogP contribution in [0.5, 0.6) is 0 Å². The lowest BCUT2D eigenvalue weighted by atomic mass is 9.96. The average molecular weight is 456 g/mol. The van der Waals surface area contributed by atoms with Gasteiger partial charge in [0.05, 0.1) is 17.4 Å². The first-order valence-electron chi connectivity index (χ1n) is 10.0. The summed E-state index contributed by atoms with van der Waals surface area (Å²) in [6.07, 6.45) is -0.677. The maximum absolute atomic E-state index is 13.3. The Morgan fingerprint density at radius 1 is 1.19 bits per heavy atom. The molecule has 1 aliphatic heterocycles. The van der Waals surface area contributed by atoms with Crippen LogP contribution in [0.25, 0.3) is 0 Å². The van der Waals surface area contributed by atoms with E-state index in [2.05, 4.69) is 15.4 Å². The summed E-state index contributed by atoms with van der Waals surface area (Å²) in [5.74, 6) is -0.0187. The van der Waals surface area contributed by atoms with E-state index in [0.717, 1.165) is 23.6 Å². The van der Waals surface area contributed by atoms with Crippen LogP contribution in [0.2, 0.25) is 5.02 Å². The highest BCUT2D eigenvalue weighted by Gasteiger charge is 2.38. The highest BCUT2D eigenvalue weighted by molar-refractivity contribution is 6.30.